The van der Waals surface area contributed by atoms with Crippen LogP contribution in [0.3, 0.4) is 0 Å². The molecule has 0 unspecified atom stereocenters. The molecule has 0 aliphatic carbocycles. The lowest BCUT2D eigenvalue weighted by Crippen LogP contribution is -2.25. The Morgan fingerprint density at radius 1 is 0.944 bits per heavy atom. The van der Waals surface area contributed by atoms with E-state index in [4.69, 9.17) is 0 Å². The highest BCUT2D eigenvalue weighted by atomic mass is 16.4. The SMILES string of the molecule is O=C([O-])/C(=C\c1ccccc1)Cc1ccccc1. The van der Waals surface area contributed by atoms with Crippen LogP contribution >= 0.6 is 0 Å². The number of rotatable bonds is 4. The van der Waals surface area contributed by atoms with Gasteiger partial charge in [0.05, 0.1) is 5.97 Å². The molecule has 0 saturated heterocycles. The Bertz CT molecular complexity index is 542. The minimum absolute atomic E-state index is 0.285. The van der Waals surface area contributed by atoms with Crippen molar-refractivity contribution in [1.29, 1.82) is 0 Å². The molecule has 2 heteroatoms. The Morgan fingerprint density at radius 3 is 2.06 bits per heavy atom. The molecular weight excluding hydrogens is 224 g/mol. The van der Waals surface area contributed by atoms with E-state index in [1.807, 2.05) is 60.7 Å². The Labute approximate surface area is 106 Å². The first-order chi connectivity index (χ1) is 8.75. The number of benzene rings is 2. The molecule has 0 aliphatic heterocycles. The molecule has 0 saturated carbocycles. The fourth-order valence-corrected chi connectivity index (χ4v) is 1.75. The van der Waals surface area contributed by atoms with Gasteiger partial charge in [-0.25, -0.2) is 0 Å². The minimum Gasteiger partial charge on any atom is -0.545 e. The highest BCUT2D eigenvalue weighted by Crippen LogP contribution is 2.12. The van der Waals surface area contributed by atoms with Crippen molar-refractivity contribution in [3.8, 4) is 0 Å². The van der Waals surface area contributed by atoms with Crippen LogP contribution in [0.25, 0.3) is 6.08 Å². The van der Waals surface area contributed by atoms with Crippen molar-refractivity contribution in [2.24, 2.45) is 0 Å². The molecular formula is C16H13O2-. The summed E-state index contributed by atoms with van der Waals surface area (Å²) in [7, 11) is 0. The second-order valence-corrected chi connectivity index (χ2v) is 4.03. The number of aliphatic carboxylic acids is 1. The van der Waals surface area contributed by atoms with Gasteiger partial charge in [-0.15, -0.1) is 0 Å². The van der Waals surface area contributed by atoms with Crippen molar-refractivity contribution in [3.05, 3.63) is 77.4 Å². The molecule has 2 aromatic carbocycles. The summed E-state index contributed by atoms with van der Waals surface area (Å²) in [6, 6.07) is 18.9. The third-order valence-electron chi connectivity index (χ3n) is 2.64. The molecule has 0 atom stereocenters. The molecule has 0 spiro atoms. The van der Waals surface area contributed by atoms with E-state index in [0.717, 1.165) is 11.1 Å². The third-order valence-corrected chi connectivity index (χ3v) is 2.64. The summed E-state index contributed by atoms with van der Waals surface area (Å²) in [5, 5.41) is 11.1. The zero-order chi connectivity index (χ0) is 12.8. The van der Waals surface area contributed by atoms with E-state index in [1.165, 1.54) is 0 Å². The summed E-state index contributed by atoms with van der Waals surface area (Å²) in [4.78, 5) is 11.1. The van der Waals surface area contributed by atoms with Gasteiger partial charge in [0.2, 0.25) is 0 Å². The Hall–Kier alpha value is -2.35. The van der Waals surface area contributed by atoms with Gasteiger partial charge in [-0.2, -0.15) is 0 Å². The lowest BCUT2D eigenvalue weighted by atomic mass is 10.0. The van der Waals surface area contributed by atoms with Crippen LogP contribution in [0.15, 0.2) is 66.2 Å². The van der Waals surface area contributed by atoms with Gasteiger partial charge in [0, 0.05) is 0 Å². The van der Waals surface area contributed by atoms with E-state index in [9.17, 15) is 9.90 Å². The van der Waals surface area contributed by atoms with Crippen molar-refractivity contribution < 1.29 is 9.90 Å². The largest absolute Gasteiger partial charge is 0.545 e. The Kier molecular flexibility index (Phi) is 3.92. The predicted molar refractivity (Wildman–Crippen MR) is 69.6 cm³/mol. The summed E-state index contributed by atoms with van der Waals surface area (Å²) in [6.45, 7) is 0. The zero-order valence-electron chi connectivity index (χ0n) is 9.87. The quantitative estimate of drug-likeness (QED) is 0.764. The van der Waals surface area contributed by atoms with E-state index in [-0.39, 0.29) is 5.57 Å². The summed E-state index contributed by atoms with van der Waals surface area (Å²) in [5.41, 5.74) is 2.11. The smallest absolute Gasteiger partial charge is 0.0678 e. The second kappa shape index (κ2) is 5.82. The second-order valence-electron chi connectivity index (χ2n) is 4.03. The summed E-state index contributed by atoms with van der Waals surface area (Å²) in [6.07, 6.45) is 2.03. The van der Waals surface area contributed by atoms with Crippen LogP contribution in [-0.4, -0.2) is 5.97 Å². The monoisotopic (exact) mass is 237 g/mol. The minimum atomic E-state index is -1.12. The molecule has 0 aromatic heterocycles. The molecule has 0 fully saturated rings. The molecule has 0 heterocycles. The topological polar surface area (TPSA) is 40.1 Å². The Balaban J connectivity index is 2.25. The van der Waals surface area contributed by atoms with Crippen LogP contribution in [-0.2, 0) is 11.2 Å². The van der Waals surface area contributed by atoms with Gasteiger partial charge in [-0.05, 0) is 29.2 Å². The maximum atomic E-state index is 11.1. The van der Waals surface area contributed by atoms with Crippen LogP contribution < -0.4 is 5.11 Å². The van der Waals surface area contributed by atoms with Gasteiger partial charge in [0.1, 0.15) is 0 Å². The molecule has 0 amide bonds. The van der Waals surface area contributed by atoms with E-state index in [2.05, 4.69) is 0 Å². The molecule has 2 aromatic rings. The van der Waals surface area contributed by atoms with Crippen molar-refractivity contribution in [2.75, 3.05) is 0 Å². The van der Waals surface area contributed by atoms with E-state index in [1.54, 1.807) is 6.08 Å². The predicted octanol–water partition coefficient (Wildman–Crippen LogP) is 2.06. The maximum absolute atomic E-state index is 11.1. The average Bonchev–Trinajstić information content (AvgIpc) is 2.40. The maximum Gasteiger partial charge on any atom is 0.0678 e. The number of hydrogen-bond acceptors (Lipinski definition) is 2. The van der Waals surface area contributed by atoms with Crippen LogP contribution in [0.2, 0.25) is 0 Å². The number of carboxylic acid groups (broad SMARTS) is 1. The highest BCUT2D eigenvalue weighted by Gasteiger charge is 2.01. The standard InChI is InChI=1S/C16H14O2/c17-16(18)15(11-13-7-3-1-4-8-13)12-14-9-5-2-6-10-14/h1-11H,12H2,(H,17,18)/p-1/b15-11-. The fraction of sp³-hybridized carbons (Fsp3) is 0.0625. The fourth-order valence-electron chi connectivity index (χ4n) is 1.75. The summed E-state index contributed by atoms with van der Waals surface area (Å²) in [5.74, 6) is -1.12. The van der Waals surface area contributed by atoms with E-state index < -0.39 is 5.97 Å². The van der Waals surface area contributed by atoms with Crippen LogP contribution in [0.1, 0.15) is 11.1 Å². The third kappa shape index (κ3) is 3.32. The lowest BCUT2D eigenvalue weighted by molar-refractivity contribution is -0.299. The first-order valence-corrected chi connectivity index (χ1v) is 5.76. The summed E-state index contributed by atoms with van der Waals surface area (Å²) >= 11 is 0. The Morgan fingerprint density at radius 2 is 1.50 bits per heavy atom. The van der Waals surface area contributed by atoms with Gasteiger partial charge >= 0.3 is 0 Å². The molecule has 90 valence electrons. The number of carbonyl (C=O) groups excluding carboxylic acids is 1. The number of carbonyl (C=O) groups is 1. The van der Waals surface area contributed by atoms with Crippen LogP contribution in [0.5, 0.6) is 0 Å². The van der Waals surface area contributed by atoms with Crippen LogP contribution in [0, 0.1) is 0 Å². The van der Waals surface area contributed by atoms with Gasteiger partial charge in [0.15, 0.2) is 0 Å². The van der Waals surface area contributed by atoms with E-state index in [0.29, 0.717) is 6.42 Å². The summed E-state index contributed by atoms with van der Waals surface area (Å²) < 4.78 is 0. The number of hydrogen-bond donors (Lipinski definition) is 0. The number of carboxylic acids is 1. The zero-order valence-corrected chi connectivity index (χ0v) is 9.87. The normalized spacial score (nSPS) is 11.2. The van der Waals surface area contributed by atoms with Crippen molar-refractivity contribution in [3.63, 3.8) is 0 Å². The van der Waals surface area contributed by atoms with Crippen LogP contribution in [0.4, 0.5) is 0 Å². The van der Waals surface area contributed by atoms with Gasteiger partial charge in [-0.1, -0.05) is 60.7 Å². The highest BCUT2D eigenvalue weighted by molar-refractivity contribution is 5.91. The first kappa shape index (κ1) is 12.1. The van der Waals surface area contributed by atoms with Gasteiger partial charge < -0.3 is 9.90 Å². The molecule has 2 nitrogen and oxygen atoms in total. The van der Waals surface area contributed by atoms with Crippen molar-refractivity contribution in [1.82, 2.24) is 0 Å². The van der Waals surface area contributed by atoms with Gasteiger partial charge in [-0.3, -0.25) is 0 Å². The molecule has 2 rings (SSSR count). The van der Waals surface area contributed by atoms with E-state index >= 15 is 0 Å². The molecule has 0 radical (unpaired) electrons. The molecule has 18 heavy (non-hydrogen) atoms. The average molecular weight is 237 g/mol. The van der Waals surface area contributed by atoms with Gasteiger partial charge in [0.25, 0.3) is 0 Å². The van der Waals surface area contributed by atoms with Crippen molar-refractivity contribution in [2.45, 2.75) is 6.42 Å². The first-order valence-electron chi connectivity index (χ1n) is 5.76. The molecule has 0 bridgehead atoms. The molecule has 0 aliphatic rings. The molecule has 0 N–H and O–H groups in total. The lowest BCUT2D eigenvalue weighted by Gasteiger charge is -2.09. The van der Waals surface area contributed by atoms with Crippen molar-refractivity contribution >= 4 is 12.0 Å².